The number of methoxy groups -OCH3 is 2. The number of hydrogen-bond donors (Lipinski definition) is 0. The van der Waals surface area contributed by atoms with E-state index >= 15 is 0 Å². The molecule has 0 radical (unpaired) electrons. The van der Waals surface area contributed by atoms with Crippen molar-refractivity contribution in [3.8, 4) is 11.5 Å². The van der Waals surface area contributed by atoms with Crippen LogP contribution in [0.2, 0.25) is 0 Å². The second-order valence-corrected chi connectivity index (χ2v) is 5.10. The van der Waals surface area contributed by atoms with Crippen LogP contribution in [0.1, 0.15) is 16.4 Å². The quantitative estimate of drug-likeness (QED) is 0.816. The number of thioether (sulfide) groups is 1. The van der Waals surface area contributed by atoms with Crippen LogP contribution < -0.4 is 9.47 Å². The first-order valence-corrected chi connectivity index (χ1v) is 7.38. The van der Waals surface area contributed by atoms with Gasteiger partial charge < -0.3 is 9.47 Å². The minimum absolute atomic E-state index is 0.330. The van der Waals surface area contributed by atoms with Crippen LogP contribution in [0.25, 0.3) is 0 Å². The lowest BCUT2D eigenvalue weighted by atomic mass is 10.0. The Kier molecular flexibility index (Phi) is 4.74. The van der Waals surface area contributed by atoms with Crippen molar-refractivity contribution in [2.75, 3.05) is 20.5 Å². The van der Waals surface area contributed by atoms with E-state index in [0.29, 0.717) is 5.25 Å². The third-order valence-corrected chi connectivity index (χ3v) is 4.09. The van der Waals surface area contributed by atoms with Crippen LogP contribution in [-0.2, 0) is 0 Å². The van der Waals surface area contributed by atoms with Crippen molar-refractivity contribution in [2.24, 2.45) is 0 Å². The lowest BCUT2D eigenvalue weighted by Crippen LogP contribution is -1.96. The highest BCUT2D eigenvalue weighted by molar-refractivity contribution is 7.99. The smallest absolute Gasteiger partial charge is 0.118 e. The summed E-state index contributed by atoms with van der Waals surface area (Å²) in [5, 5.41) is 0.330. The Hall–Kier alpha value is -1.61. The molecule has 0 heterocycles. The predicted octanol–water partition coefficient (Wildman–Crippen LogP) is 4.16. The standard InChI is InChI=1S/C16H18O2S/c1-17-14-8-4-12(5-9-14)16(19-3)13-6-10-15(18-2)11-7-13/h4-11,16H,1-3H3. The molecule has 2 aromatic carbocycles. The van der Waals surface area contributed by atoms with E-state index in [0.717, 1.165) is 11.5 Å². The monoisotopic (exact) mass is 274 g/mol. The Balaban J connectivity index is 2.26. The topological polar surface area (TPSA) is 18.5 Å². The van der Waals surface area contributed by atoms with Crippen molar-refractivity contribution in [3.05, 3.63) is 59.7 Å². The van der Waals surface area contributed by atoms with Crippen molar-refractivity contribution in [3.63, 3.8) is 0 Å². The maximum Gasteiger partial charge on any atom is 0.118 e. The normalized spacial score (nSPS) is 10.5. The zero-order chi connectivity index (χ0) is 13.7. The zero-order valence-electron chi connectivity index (χ0n) is 11.4. The average molecular weight is 274 g/mol. The molecule has 19 heavy (non-hydrogen) atoms. The predicted molar refractivity (Wildman–Crippen MR) is 81.3 cm³/mol. The van der Waals surface area contributed by atoms with E-state index in [1.54, 1.807) is 14.2 Å². The fourth-order valence-electron chi connectivity index (χ4n) is 2.02. The van der Waals surface area contributed by atoms with E-state index in [1.807, 2.05) is 36.0 Å². The molecule has 2 rings (SSSR count). The Morgan fingerprint density at radius 1 is 0.737 bits per heavy atom. The van der Waals surface area contributed by atoms with Crippen LogP contribution in [0, 0.1) is 0 Å². The summed E-state index contributed by atoms with van der Waals surface area (Å²) in [6.07, 6.45) is 2.12. The van der Waals surface area contributed by atoms with Gasteiger partial charge in [0.2, 0.25) is 0 Å². The average Bonchev–Trinajstić information content (AvgIpc) is 2.49. The summed E-state index contributed by atoms with van der Waals surface area (Å²) < 4.78 is 10.4. The summed E-state index contributed by atoms with van der Waals surface area (Å²) in [6, 6.07) is 16.5. The van der Waals surface area contributed by atoms with Crippen molar-refractivity contribution >= 4 is 11.8 Å². The molecule has 0 aromatic heterocycles. The largest absolute Gasteiger partial charge is 0.497 e. The van der Waals surface area contributed by atoms with Gasteiger partial charge in [-0.2, -0.15) is 11.8 Å². The summed E-state index contributed by atoms with van der Waals surface area (Å²) in [4.78, 5) is 0. The first-order valence-electron chi connectivity index (χ1n) is 6.09. The highest BCUT2D eigenvalue weighted by Gasteiger charge is 2.12. The molecule has 0 spiro atoms. The van der Waals surface area contributed by atoms with E-state index < -0.39 is 0 Å². The van der Waals surface area contributed by atoms with Crippen LogP contribution in [0.4, 0.5) is 0 Å². The van der Waals surface area contributed by atoms with E-state index in [9.17, 15) is 0 Å². The highest BCUT2D eigenvalue weighted by atomic mass is 32.2. The zero-order valence-corrected chi connectivity index (χ0v) is 12.2. The van der Waals surface area contributed by atoms with Gasteiger partial charge in [0, 0.05) is 0 Å². The maximum atomic E-state index is 5.20. The van der Waals surface area contributed by atoms with Gasteiger partial charge in [0.1, 0.15) is 11.5 Å². The number of rotatable bonds is 5. The van der Waals surface area contributed by atoms with E-state index in [-0.39, 0.29) is 0 Å². The van der Waals surface area contributed by atoms with Gasteiger partial charge in [-0.05, 0) is 41.6 Å². The molecule has 0 aliphatic carbocycles. The molecule has 0 N–H and O–H groups in total. The lowest BCUT2D eigenvalue weighted by molar-refractivity contribution is 0.414. The molecule has 2 aromatic rings. The van der Waals surface area contributed by atoms with Gasteiger partial charge >= 0.3 is 0 Å². The third-order valence-electron chi connectivity index (χ3n) is 3.07. The number of hydrogen-bond acceptors (Lipinski definition) is 3. The van der Waals surface area contributed by atoms with Gasteiger partial charge in [-0.3, -0.25) is 0 Å². The maximum absolute atomic E-state index is 5.20. The minimum Gasteiger partial charge on any atom is -0.497 e. The summed E-state index contributed by atoms with van der Waals surface area (Å²) in [7, 11) is 3.37. The fourth-order valence-corrected chi connectivity index (χ4v) is 2.88. The van der Waals surface area contributed by atoms with Gasteiger partial charge in [-0.25, -0.2) is 0 Å². The van der Waals surface area contributed by atoms with Gasteiger partial charge in [-0.15, -0.1) is 0 Å². The third kappa shape index (κ3) is 3.24. The lowest BCUT2D eigenvalue weighted by Gasteiger charge is -2.16. The molecule has 0 unspecified atom stereocenters. The van der Waals surface area contributed by atoms with Gasteiger partial charge in [0.15, 0.2) is 0 Å². The molecule has 0 saturated carbocycles. The molecule has 0 saturated heterocycles. The molecule has 0 aliphatic heterocycles. The molecule has 0 fully saturated rings. The Bertz CT molecular complexity index is 458. The summed E-state index contributed by atoms with van der Waals surface area (Å²) in [5.74, 6) is 1.77. The van der Waals surface area contributed by atoms with Crippen LogP contribution in [-0.4, -0.2) is 20.5 Å². The molecule has 3 heteroatoms. The molecule has 2 nitrogen and oxygen atoms in total. The molecular weight excluding hydrogens is 256 g/mol. The molecule has 0 amide bonds. The van der Waals surface area contributed by atoms with E-state index in [2.05, 4.69) is 30.5 Å². The number of ether oxygens (including phenoxy) is 2. The van der Waals surface area contributed by atoms with Gasteiger partial charge in [0.05, 0.1) is 19.5 Å². The van der Waals surface area contributed by atoms with Crippen LogP contribution in [0.5, 0.6) is 11.5 Å². The molecule has 0 atom stereocenters. The van der Waals surface area contributed by atoms with Crippen molar-refractivity contribution in [1.82, 2.24) is 0 Å². The van der Waals surface area contributed by atoms with Gasteiger partial charge in [-0.1, -0.05) is 24.3 Å². The van der Waals surface area contributed by atoms with Gasteiger partial charge in [0.25, 0.3) is 0 Å². The highest BCUT2D eigenvalue weighted by Crippen LogP contribution is 2.35. The van der Waals surface area contributed by atoms with Crippen LogP contribution >= 0.6 is 11.8 Å². The second-order valence-electron chi connectivity index (χ2n) is 4.16. The summed E-state index contributed by atoms with van der Waals surface area (Å²) in [6.45, 7) is 0. The first kappa shape index (κ1) is 13.8. The Morgan fingerprint density at radius 2 is 1.11 bits per heavy atom. The summed E-state index contributed by atoms with van der Waals surface area (Å²) >= 11 is 1.82. The molecule has 0 bridgehead atoms. The number of benzene rings is 2. The Labute approximate surface area is 118 Å². The van der Waals surface area contributed by atoms with Crippen molar-refractivity contribution < 1.29 is 9.47 Å². The van der Waals surface area contributed by atoms with E-state index in [1.165, 1.54) is 11.1 Å². The fraction of sp³-hybridized carbons (Fsp3) is 0.250. The second kappa shape index (κ2) is 6.53. The SMILES string of the molecule is COc1ccc(C(SC)c2ccc(OC)cc2)cc1. The van der Waals surface area contributed by atoms with Crippen molar-refractivity contribution in [1.29, 1.82) is 0 Å². The first-order chi connectivity index (χ1) is 9.28. The van der Waals surface area contributed by atoms with Crippen LogP contribution in [0.3, 0.4) is 0 Å². The molecular formula is C16H18O2S. The van der Waals surface area contributed by atoms with Crippen molar-refractivity contribution in [2.45, 2.75) is 5.25 Å². The van der Waals surface area contributed by atoms with E-state index in [4.69, 9.17) is 9.47 Å². The summed E-state index contributed by atoms with van der Waals surface area (Å²) in [5.41, 5.74) is 2.55. The molecule has 0 aliphatic rings. The molecule has 100 valence electrons. The Morgan fingerprint density at radius 3 is 1.37 bits per heavy atom. The minimum atomic E-state index is 0.330. The van der Waals surface area contributed by atoms with Crippen LogP contribution in [0.15, 0.2) is 48.5 Å².